The van der Waals surface area contributed by atoms with E-state index in [0.717, 1.165) is 34.3 Å². The van der Waals surface area contributed by atoms with Crippen molar-refractivity contribution in [2.24, 2.45) is 0 Å². The van der Waals surface area contributed by atoms with Crippen molar-refractivity contribution in [1.82, 2.24) is 14.8 Å². The molecule has 0 radical (unpaired) electrons. The summed E-state index contributed by atoms with van der Waals surface area (Å²) in [5.74, 6) is 0.0992. The molecular formula is C27H25N3O2S. The molecule has 0 bridgehead atoms. The van der Waals surface area contributed by atoms with Crippen LogP contribution < -0.4 is 0 Å². The number of aryl methyl sites for hydroxylation is 1. The highest BCUT2D eigenvalue weighted by atomic mass is 32.1. The van der Waals surface area contributed by atoms with E-state index in [1.54, 1.807) is 16.2 Å². The van der Waals surface area contributed by atoms with Crippen LogP contribution in [0.1, 0.15) is 34.2 Å². The first kappa shape index (κ1) is 20.2. The lowest BCUT2D eigenvalue weighted by Crippen LogP contribution is -2.62. The molecule has 2 amide bonds. The highest BCUT2D eigenvalue weighted by Gasteiger charge is 2.47. The Labute approximate surface area is 196 Å². The second-order valence-electron chi connectivity index (χ2n) is 8.90. The summed E-state index contributed by atoms with van der Waals surface area (Å²) in [4.78, 5) is 35.5. The summed E-state index contributed by atoms with van der Waals surface area (Å²) in [5, 5.41) is 3.17. The number of carbonyl (C=O) groups is 2. The van der Waals surface area contributed by atoms with Gasteiger partial charge in [0.15, 0.2) is 0 Å². The van der Waals surface area contributed by atoms with Gasteiger partial charge in [-0.05, 0) is 41.5 Å². The molecule has 6 rings (SSSR count). The van der Waals surface area contributed by atoms with Gasteiger partial charge in [0.05, 0.1) is 12.6 Å². The smallest absolute Gasteiger partial charge is 0.246 e. The summed E-state index contributed by atoms with van der Waals surface area (Å²) < 4.78 is 0. The molecule has 2 aliphatic rings. The zero-order chi connectivity index (χ0) is 22.4. The number of amides is 2. The van der Waals surface area contributed by atoms with Crippen LogP contribution in [0.15, 0.2) is 72.1 Å². The van der Waals surface area contributed by atoms with Crippen LogP contribution in [-0.4, -0.2) is 39.2 Å². The third-order valence-electron chi connectivity index (χ3n) is 6.94. The third kappa shape index (κ3) is 3.55. The van der Waals surface area contributed by atoms with Gasteiger partial charge in [0, 0.05) is 27.9 Å². The molecule has 2 aliphatic heterocycles. The summed E-state index contributed by atoms with van der Waals surface area (Å²) in [6.07, 6.45) is 2.20. The molecule has 4 heterocycles. The van der Waals surface area contributed by atoms with Gasteiger partial charge in [-0.25, -0.2) is 0 Å². The van der Waals surface area contributed by atoms with Crippen molar-refractivity contribution in [2.45, 2.75) is 37.9 Å². The maximum Gasteiger partial charge on any atom is 0.246 e. The monoisotopic (exact) mass is 455 g/mol. The van der Waals surface area contributed by atoms with Gasteiger partial charge in [0.2, 0.25) is 11.8 Å². The fourth-order valence-electron chi connectivity index (χ4n) is 5.42. The second-order valence-corrected chi connectivity index (χ2v) is 9.93. The Morgan fingerprint density at radius 1 is 0.970 bits per heavy atom. The van der Waals surface area contributed by atoms with Crippen molar-refractivity contribution in [2.75, 3.05) is 6.54 Å². The molecule has 1 N–H and O–H groups in total. The number of piperazine rings is 1. The first-order valence-electron chi connectivity index (χ1n) is 11.4. The molecule has 0 saturated carbocycles. The normalized spacial score (nSPS) is 20.2. The van der Waals surface area contributed by atoms with Gasteiger partial charge in [-0.1, -0.05) is 54.6 Å². The molecule has 6 heteroatoms. The number of benzene rings is 2. The molecule has 5 nitrogen and oxygen atoms in total. The molecular weight excluding hydrogens is 430 g/mol. The quantitative estimate of drug-likeness (QED) is 0.474. The molecule has 33 heavy (non-hydrogen) atoms. The summed E-state index contributed by atoms with van der Waals surface area (Å²) >= 11 is 1.62. The SMILES string of the molecule is O=C1[C@@H]2Cc3c([nH]c4ccccc34)C(CCc3ccccc3)N2C(=O)CN1Cc1cccs1. The highest BCUT2D eigenvalue weighted by molar-refractivity contribution is 7.09. The zero-order valence-corrected chi connectivity index (χ0v) is 19.1. The van der Waals surface area contributed by atoms with Crippen molar-refractivity contribution in [3.05, 3.63) is 93.8 Å². The minimum Gasteiger partial charge on any atom is -0.356 e. The lowest BCUT2D eigenvalue weighted by molar-refractivity contribution is -0.160. The first-order chi connectivity index (χ1) is 16.2. The number of aromatic nitrogens is 1. The lowest BCUT2D eigenvalue weighted by Gasteiger charge is -2.47. The zero-order valence-electron chi connectivity index (χ0n) is 18.2. The predicted octanol–water partition coefficient (Wildman–Crippen LogP) is 4.70. The van der Waals surface area contributed by atoms with Crippen molar-refractivity contribution in [3.8, 4) is 0 Å². The highest BCUT2D eigenvalue weighted by Crippen LogP contribution is 2.41. The van der Waals surface area contributed by atoms with Gasteiger partial charge in [-0.3, -0.25) is 9.59 Å². The molecule has 1 fully saturated rings. The lowest BCUT2D eigenvalue weighted by atomic mass is 9.87. The van der Waals surface area contributed by atoms with Crippen molar-refractivity contribution in [3.63, 3.8) is 0 Å². The van der Waals surface area contributed by atoms with E-state index >= 15 is 0 Å². The average Bonchev–Trinajstić information content (AvgIpc) is 3.48. The van der Waals surface area contributed by atoms with Crippen LogP contribution in [0.2, 0.25) is 0 Å². The second kappa shape index (κ2) is 8.19. The van der Waals surface area contributed by atoms with E-state index in [1.807, 2.05) is 52.7 Å². The number of rotatable bonds is 5. The van der Waals surface area contributed by atoms with E-state index in [4.69, 9.17) is 0 Å². The molecule has 166 valence electrons. The molecule has 1 saturated heterocycles. The molecule has 1 unspecified atom stereocenters. The minimum atomic E-state index is -0.446. The molecule has 2 atom stereocenters. The molecule has 0 aliphatic carbocycles. The van der Waals surface area contributed by atoms with Crippen molar-refractivity contribution >= 4 is 34.1 Å². The number of thiophene rings is 1. The molecule has 0 spiro atoms. The number of H-pyrrole nitrogens is 1. The third-order valence-corrected chi connectivity index (χ3v) is 7.80. The van der Waals surface area contributed by atoms with Gasteiger partial charge < -0.3 is 14.8 Å². The summed E-state index contributed by atoms with van der Waals surface area (Å²) in [5.41, 5.74) is 4.59. The van der Waals surface area contributed by atoms with E-state index < -0.39 is 6.04 Å². The van der Waals surface area contributed by atoms with Crippen LogP contribution >= 0.6 is 11.3 Å². The van der Waals surface area contributed by atoms with Gasteiger partial charge >= 0.3 is 0 Å². The number of fused-ring (bicyclic) bond motifs is 4. The Morgan fingerprint density at radius 2 is 1.79 bits per heavy atom. The molecule has 2 aromatic heterocycles. The Balaban J connectivity index is 1.38. The van der Waals surface area contributed by atoms with Gasteiger partial charge in [0.1, 0.15) is 12.6 Å². The van der Waals surface area contributed by atoms with Crippen LogP contribution in [0.25, 0.3) is 10.9 Å². The van der Waals surface area contributed by atoms with Gasteiger partial charge in [-0.15, -0.1) is 11.3 Å². The largest absolute Gasteiger partial charge is 0.356 e. The van der Waals surface area contributed by atoms with Crippen molar-refractivity contribution in [1.29, 1.82) is 0 Å². The van der Waals surface area contributed by atoms with E-state index in [0.29, 0.717) is 13.0 Å². The number of carbonyl (C=O) groups excluding carboxylic acids is 2. The maximum absolute atomic E-state index is 13.6. The van der Waals surface area contributed by atoms with E-state index in [2.05, 4.69) is 29.2 Å². The number of hydrogen-bond donors (Lipinski definition) is 1. The number of hydrogen-bond acceptors (Lipinski definition) is 3. The fourth-order valence-corrected chi connectivity index (χ4v) is 6.14. The average molecular weight is 456 g/mol. The number of aromatic amines is 1. The summed E-state index contributed by atoms with van der Waals surface area (Å²) in [7, 11) is 0. The van der Waals surface area contributed by atoms with Crippen LogP contribution in [0.3, 0.4) is 0 Å². The maximum atomic E-state index is 13.6. The van der Waals surface area contributed by atoms with Crippen LogP contribution in [0, 0.1) is 0 Å². The Morgan fingerprint density at radius 3 is 2.61 bits per heavy atom. The summed E-state index contributed by atoms with van der Waals surface area (Å²) in [6.45, 7) is 0.645. The van der Waals surface area contributed by atoms with E-state index in [-0.39, 0.29) is 24.4 Å². The number of nitrogens with zero attached hydrogens (tertiary/aromatic N) is 2. The summed E-state index contributed by atoms with van der Waals surface area (Å²) in [6, 6.07) is 22.1. The van der Waals surface area contributed by atoms with Gasteiger partial charge in [-0.2, -0.15) is 0 Å². The van der Waals surface area contributed by atoms with E-state index in [9.17, 15) is 9.59 Å². The van der Waals surface area contributed by atoms with Gasteiger partial charge in [0.25, 0.3) is 0 Å². The standard InChI is InChI=1S/C27H25N3O2S/c31-25-17-29(16-19-9-6-14-33-19)27(32)24-15-21-20-10-4-5-11-22(20)28-26(21)23(30(24)25)13-12-18-7-2-1-3-8-18/h1-11,14,23-24,28H,12-13,15-17H2/t23?,24-/m0/s1. The van der Waals surface area contributed by atoms with E-state index in [1.165, 1.54) is 11.1 Å². The van der Waals surface area contributed by atoms with Crippen molar-refractivity contribution < 1.29 is 9.59 Å². The molecule has 2 aromatic carbocycles. The topological polar surface area (TPSA) is 56.4 Å². The Kier molecular flexibility index (Phi) is 5.03. The number of para-hydroxylation sites is 1. The van der Waals surface area contributed by atoms with Crippen LogP contribution in [0.4, 0.5) is 0 Å². The predicted molar refractivity (Wildman–Crippen MR) is 130 cm³/mol. The van der Waals surface area contributed by atoms with Crippen LogP contribution in [0.5, 0.6) is 0 Å². The first-order valence-corrected chi connectivity index (χ1v) is 12.3. The van der Waals surface area contributed by atoms with Crippen LogP contribution in [-0.2, 0) is 29.0 Å². The minimum absolute atomic E-state index is 0.0403. The Hall–Kier alpha value is -3.38. The Bertz CT molecular complexity index is 1310. The number of nitrogens with one attached hydrogen (secondary N) is 1. The molecule has 4 aromatic rings. The fraction of sp³-hybridized carbons (Fsp3) is 0.259.